The number of aromatic nitrogens is 2. The summed E-state index contributed by atoms with van der Waals surface area (Å²) in [7, 11) is 5.16. The van der Waals surface area contributed by atoms with Gasteiger partial charge in [-0.25, -0.2) is 4.98 Å². The van der Waals surface area contributed by atoms with E-state index in [-0.39, 0.29) is 5.91 Å². The largest absolute Gasteiger partial charge is 0.496 e. The van der Waals surface area contributed by atoms with Gasteiger partial charge in [0.25, 0.3) is 5.91 Å². The molecule has 140 valence electrons. The Morgan fingerprint density at radius 2 is 1.89 bits per heavy atom. The third-order valence-electron chi connectivity index (χ3n) is 4.37. The lowest BCUT2D eigenvalue weighted by atomic mass is 10.0. The minimum absolute atomic E-state index is 0.183. The summed E-state index contributed by atoms with van der Waals surface area (Å²) in [4.78, 5) is 17.3. The molecule has 1 amide bonds. The van der Waals surface area contributed by atoms with E-state index in [9.17, 15) is 4.79 Å². The van der Waals surface area contributed by atoms with Gasteiger partial charge in [-0.3, -0.25) is 4.79 Å². The zero-order chi connectivity index (χ0) is 19.2. The first-order valence-corrected chi connectivity index (χ1v) is 8.63. The zero-order valence-electron chi connectivity index (χ0n) is 15.7. The van der Waals surface area contributed by atoms with Gasteiger partial charge in [-0.1, -0.05) is 30.3 Å². The molecule has 0 saturated heterocycles. The molecule has 6 nitrogen and oxygen atoms in total. The van der Waals surface area contributed by atoms with Crippen molar-refractivity contribution in [2.45, 2.75) is 12.6 Å². The molecule has 1 aromatic heterocycles. The van der Waals surface area contributed by atoms with Crippen LogP contribution in [0.15, 0.2) is 60.9 Å². The van der Waals surface area contributed by atoms with Crippen LogP contribution >= 0.6 is 0 Å². The predicted molar refractivity (Wildman–Crippen MR) is 103 cm³/mol. The first kappa shape index (κ1) is 18.7. The van der Waals surface area contributed by atoms with Crippen molar-refractivity contribution >= 4 is 5.91 Å². The van der Waals surface area contributed by atoms with Gasteiger partial charge in [0.05, 0.1) is 13.7 Å². The highest BCUT2D eigenvalue weighted by atomic mass is 16.5. The molecule has 0 aliphatic carbocycles. The molecule has 0 bridgehead atoms. The number of carbonyl (C=O) groups is 1. The lowest BCUT2D eigenvalue weighted by molar-refractivity contribution is 0.0940. The van der Waals surface area contributed by atoms with Crippen LogP contribution in [0.5, 0.6) is 5.75 Å². The number of rotatable bonds is 7. The highest BCUT2D eigenvalue weighted by molar-refractivity contribution is 5.94. The molecule has 3 rings (SSSR count). The van der Waals surface area contributed by atoms with Crippen molar-refractivity contribution in [2.75, 3.05) is 14.2 Å². The van der Waals surface area contributed by atoms with E-state index >= 15 is 0 Å². The number of imidazole rings is 1. The Bertz CT molecular complexity index is 903. The molecule has 6 heteroatoms. The fourth-order valence-electron chi connectivity index (χ4n) is 2.98. The molecule has 1 heterocycles. The number of nitrogens with zero attached hydrogens (tertiary/aromatic N) is 2. The summed E-state index contributed by atoms with van der Waals surface area (Å²) in [6, 6.07) is 14.5. The Morgan fingerprint density at radius 1 is 1.15 bits per heavy atom. The second-order valence-corrected chi connectivity index (χ2v) is 6.17. The van der Waals surface area contributed by atoms with E-state index in [0.29, 0.717) is 17.9 Å². The van der Waals surface area contributed by atoms with Crippen molar-refractivity contribution in [1.29, 1.82) is 0 Å². The van der Waals surface area contributed by atoms with Crippen LogP contribution < -0.4 is 10.1 Å². The molecule has 0 radical (unpaired) electrons. The predicted octanol–water partition coefficient (Wildman–Crippen LogP) is 3.09. The monoisotopic (exact) mass is 365 g/mol. The number of hydrogen-bond acceptors (Lipinski definition) is 4. The second kappa shape index (κ2) is 8.51. The Balaban J connectivity index is 1.92. The van der Waals surface area contributed by atoms with Crippen molar-refractivity contribution in [1.82, 2.24) is 14.9 Å². The highest BCUT2D eigenvalue weighted by Crippen LogP contribution is 2.29. The van der Waals surface area contributed by atoms with E-state index in [1.165, 1.54) is 0 Å². The Kier molecular flexibility index (Phi) is 5.88. The number of para-hydroxylation sites is 1. The SMILES string of the molecule is COCc1ccc(C(=O)NC(c2ccccc2OC)c2nccn2C)cc1. The molecular formula is C21H23N3O3. The summed E-state index contributed by atoms with van der Waals surface area (Å²) in [5.41, 5.74) is 2.43. The second-order valence-electron chi connectivity index (χ2n) is 6.17. The van der Waals surface area contributed by atoms with Crippen molar-refractivity contribution in [3.63, 3.8) is 0 Å². The van der Waals surface area contributed by atoms with Crippen molar-refractivity contribution in [3.05, 3.63) is 83.4 Å². The molecule has 0 saturated carbocycles. The quantitative estimate of drug-likeness (QED) is 0.699. The van der Waals surface area contributed by atoms with Gasteiger partial charge in [0, 0.05) is 37.7 Å². The Labute approximate surface area is 158 Å². The lowest BCUT2D eigenvalue weighted by Crippen LogP contribution is -2.31. The number of benzene rings is 2. The molecule has 0 spiro atoms. The molecule has 1 atom stereocenters. The third kappa shape index (κ3) is 4.17. The minimum atomic E-state index is -0.438. The van der Waals surface area contributed by atoms with Crippen LogP contribution in [0.4, 0.5) is 0 Å². The smallest absolute Gasteiger partial charge is 0.252 e. The van der Waals surface area contributed by atoms with E-state index in [1.54, 1.807) is 32.5 Å². The molecular weight excluding hydrogens is 342 g/mol. The normalized spacial score (nSPS) is 11.8. The van der Waals surface area contributed by atoms with Crippen LogP contribution in [0, 0.1) is 0 Å². The van der Waals surface area contributed by atoms with Crippen molar-refractivity contribution in [3.8, 4) is 5.75 Å². The number of methoxy groups -OCH3 is 2. The molecule has 0 aliphatic heterocycles. The molecule has 3 aromatic rings. The zero-order valence-corrected chi connectivity index (χ0v) is 15.7. The summed E-state index contributed by atoms with van der Waals surface area (Å²) in [5.74, 6) is 1.24. The fraction of sp³-hybridized carbons (Fsp3) is 0.238. The number of carbonyl (C=O) groups excluding carboxylic acids is 1. The van der Waals surface area contributed by atoms with E-state index in [2.05, 4.69) is 10.3 Å². The lowest BCUT2D eigenvalue weighted by Gasteiger charge is -2.21. The van der Waals surface area contributed by atoms with Gasteiger partial charge < -0.3 is 19.4 Å². The van der Waals surface area contributed by atoms with Crippen LogP contribution in [0.2, 0.25) is 0 Å². The first-order valence-electron chi connectivity index (χ1n) is 8.63. The van der Waals surface area contributed by atoms with Gasteiger partial charge in [0.15, 0.2) is 0 Å². The van der Waals surface area contributed by atoms with Crippen LogP contribution in [0.1, 0.15) is 33.4 Å². The maximum Gasteiger partial charge on any atom is 0.252 e. The average Bonchev–Trinajstić information content (AvgIpc) is 3.12. The summed E-state index contributed by atoms with van der Waals surface area (Å²) >= 11 is 0. The molecule has 0 aliphatic rings. The summed E-state index contributed by atoms with van der Waals surface area (Å²) < 4.78 is 12.5. The third-order valence-corrected chi connectivity index (χ3v) is 4.37. The van der Waals surface area contributed by atoms with Gasteiger partial charge in [0.2, 0.25) is 0 Å². The molecule has 27 heavy (non-hydrogen) atoms. The molecule has 2 aromatic carbocycles. The van der Waals surface area contributed by atoms with E-state index < -0.39 is 6.04 Å². The summed E-state index contributed by atoms with van der Waals surface area (Å²) in [5, 5.41) is 3.09. The number of hydrogen-bond donors (Lipinski definition) is 1. The standard InChI is InChI=1S/C21H23N3O3/c1-24-13-12-22-20(24)19(17-6-4-5-7-18(17)27-3)23-21(25)16-10-8-15(9-11-16)14-26-2/h4-13,19H,14H2,1-3H3,(H,23,25). The highest BCUT2D eigenvalue weighted by Gasteiger charge is 2.24. The van der Waals surface area contributed by atoms with Crippen molar-refractivity contribution < 1.29 is 14.3 Å². The Morgan fingerprint density at radius 3 is 2.52 bits per heavy atom. The maximum atomic E-state index is 12.9. The van der Waals surface area contributed by atoms with Gasteiger partial charge in [-0.2, -0.15) is 0 Å². The van der Waals surface area contributed by atoms with Crippen LogP contribution in [-0.4, -0.2) is 29.7 Å². The molecule has 1 N–H and O–H groups in total. The van der Waals surface area contributed by atoms with Crippen LogP contribution in [0.3, 0.4) is 0 Å². The maximum absolute atomic E-state index is 12.9. The number of ether oxygens (including phenoxy) is 2. The first-order chi connectivity index (χ1) is 13.1. The van der Waals surface area contributed by atoms with Crippen LogP contribution in [-0.2, 0) is 18.4 Å². The van der Waals surface area contributed by atoms with E-state index in [0.717, 1.165) is 17.0 Å². The Hall–Kier alpha value is -3.12. The topological polar surface area (TPSA) is 65.4 Å². The van der Waals surface area contributed by atoms with Gasteiger partial charge in [-0.05, 0) is 23.8 Å². The molecule has 1 unspecified atom stereocenters. The van der Waals surface area contributed by atoms with Crippen molar-refractivity contribution in [2.24, 2.45) is 7.05 Å². The van der Waals surface area contributed by atoms with E-state index in [1.807, 2.05) is 54.2 Å². The average molecular weight is 365 g/mol. The van der Waals surface area contributed by atoms with Gasteiger partial charge in [0.1, 0.15) is 17.6 Å². The number of amides is 1. The summed E-state index contributed by atoms with van der Waals surface area (Å²) in [6.45, 7) is 0.513. The molecule has 0 fully saturated rings. The number of nitrogens with one attached hydrogen (secondary N) is 1. The fourth-order valence-corrected chi connectivity index (χ4v) is 2.98. The summed E-state index contributed by atoms with van der Waals surface area (Å²) in [6.07, 6.45) is 3.56. The van der Waals surface area contributed by atoms with Gasteiger partial charge >= 0.3 is 0 Å². The number of aryl methyl sites for hydroxylation is 1. The van der Waals surface area contributed by atoms with Gasteiger partial charge in [-0.15, -0.1) is 0 Å². The minimum Gasteiger partial charge on any atom is -0.496 e. The van der Waals surface area contributed by atoms with Crippen LogP contribution in [0.25, 0.3) is 0 Å². The van der Waals surface area contributed by atoms with E-state index in [4.69, 9.17) is 9.47 Å².